The number of ketones is 1. The van der Waals surface area contributed by atoms with Crippen LogP contribution >= 0.6 is 0 Å². The fourth-order valence-corrected chi connectivity index (χ4v) is 5.70. The molecule has 0 spiro atoms. The molecule has 1 aliphatic heterocycles. The lowest BCUT2D eigenvalue weighted by molar-refractivity contribution is -0.384. The number of nitro groups is 1. The van der Waals surface area contributed by atoms with E-state index in [0.717, 1.165) is 34.0 Å². The van der Waals surface area contributed by atoms with Crippen molar-refractivity contribution in [3.8, 4) is 17.1 Å². The monoisotopic (exact) mass is 494 g/mol. The first-order valence-electron chi connectivity index (χ1n) is 12.2. The highest BCUT2D eigenvalue weighted by molar-refractivity contribution is 6.12. The van der Waals surface area contributed by atoms with Crippen molar-refractivity contribution in [2.45, 2.75) is 32.7 Å². The first kappa shape index (κ1) is 23.0. The Bertz CT molecular complexity index is 1630. The number of hydrogen-bond donors (Lipinski definition) is 1. The highest BCUT2D eigenvalue weighted by atomic mass is 16.6. The van der Waals surface area contributed by atoms with Gasteiger partial charge in [0.15, 0.2) is 5.78 Å². The van der Waals surface area contributed by atoms with Crippen LogP contribution in [0.15, 0.2) is 76.7 Å². The van der Waals surface area contributed by atoms with Gasteiger partial charge in [-0.2, -0.15) is 0 Å². The van der Waals surface area contributed by atoms with Crippen LogP contribution in [0.4, 0.5) is 11.4 Å². The predicted octanol–water partition coefficient (Wildman–Crippen LogP) is 7.33. The minimum absolute atomic E-state index is 0.0933. The quantitative estimate of drug-likeness (QED) is 0.236. The maximum Gasteiger partial charge on any atom is 0.284 e. The number of Topliss-reactive ketones (excluding diaryl/α,β-unsaturated/α-hetero) is 1. The fourth-order valence-electron chi connectivity index (χ4n) is 5.70. The third-order valence-electron chi connectivity index (χ3n) is 7.32. The molecule has 0 saturated heterocycles. The molecule has 1 aromatic heterocycles. The van der Waals surface area contributed by atoms with E-state index in [1.54, 1.807) is 24.3 Å². The van der Waals surface area contributed by atoms with Crippen LogP contribution in [0.2, 0.25) is 0 Å². The maximum atomic E-state index is 13.6. The van der Waals surface area contributed by atoms with E-state index in [0.29, 0.717) is 34.8 Å². The van der Waals surface area contributed by atoms with Crippen molar-refractivity contribution in [2.75, 3.05) is 12.4 Å². The van der Waals surface area contributed by atoms with Gasteiger partial charge in [0.05, 0.1) is 23.7 Å². The zero-order valence-electron chi connectivity index (χ0n) is 20.8. The molecular formula is C30H26N2O5. The molecule has 0 unspecified atom stereocenters. The Hall–Kier alpha value is -4.39. The summed E-state index contributed by atoms with van der Waals surface area (Å²) >= 11 is 0. The Morgan fingerprint density at radius 2 is 1.86 bits per heavy atom. The Labute approximate surface area is 213 Å². The third-order valence-corrected chi connectivity index (χ3v) is 7.32. The second-order valence-electron chi connectivity index (χ2n) is 10.5. The van der Waals surface area contributed by atoms with Gasteiger partial charge in [-0.05, 0) is 58.5 Å². The number of allylic oxidation sites excluding steroid dienone is 1. The molecule has 1 N–H and O–H groups in total. The molecule has 7 nitrogen and oxygen atoms in total. The summed E-state index contributed by atoms with van der Waals surface area (Å²) in [5.74, 6) is 1.39. The van der Waals surface area contributed by atoms with Crippen LogP contribution in [0.5, 0.6) is 5.75 Å². The number of carbonyl (C=O) groups excluding carboxylic acids is 1. The van der Waals surface area contributed by atoms with Crippen molar-refractivity contribution in [1.82, 2.24) is 0 Å². The molecule has 0 fully saturated rings. The number of furan rings is 1. The summed E-state index contributed by atoms with van der Waals surface area (Å²) in [6, 6.07) is 20.0. The largest absolute Gasteiger partial charge is 0.497 e. The van der Waals surface area contributed by atoms with E-state index in [4.69, 9.17) is 9.15 Å². The Balaban J connectivity index is 1.51. The molecule has 0 saturated carbocycles. The maximum absolute atomic E-state index is 13.6. The van der Waals surface area contributed by atoms with E-state index in [-0.39, 0.29) is 16.9 Å². The van der Waals surface area contributed by atoms with Gasteiger partial charge >= 0.3 is 0 Å². The van der Waals surface area contributed by atoms with Gasteiger partial charge in [0, 0.05) is 23.2 Å². The van der Waals surface area contributed by atoms with Crippen molar-refractivity contribution < 1.29 is 18.9 Å². The zero-order valence-corrected chi connectivity index (χ0v) is 20.8. The molecule has 0 radical (unpaired) electrons. The number of nitrogens with zero attached hydrogens (tertiary/aromatic N) is 1. The molecule has 2 heterocycles. The molecule has 186 valence electrons. The zero-order chi connectivity index (χ0) is 25.9. The van der Waals surface area contributed by atoms with E-state index >= 15 is 0 Å². The average Bonchev–Trinajstić information content (AvgIpc) is 3.36. The van der Waals surface area contributed by atoms with Crippen molar-refractivity contribution in [2.24, 2.45) is 5.41 Å². The van der Waals surface area contributed by atoms with Crippen LogP contribution in [0, 0.1) is 15.5 Å². The molecule has 0 bridgehead atoms. The second-order valence-corrected chi connectivity index (χ2v) is 10.5. The molecular weight excluding hydrogens is 468 g/mol. The third kappa shape index (κ3) is 3.78. The molecule has 4 aromatic rings. The highest BCUT2D eigenvalue weighted by Gasteiger charge is 2.42. The van der Waals surface area contributed by atoms with Crippen LogP contribution in [0.1, 0.15) is 44.1 Å². The number of rotatable bonds is 4. The van der Waals surface area contributed by atoms with Gasteiger partial charge in [0.25, 0.3) is 5.69 Å². The summed E-state index contributed by atoms with van der Waals surface area (Å²) in [7, 11) is 1.47. The molecule has 1 atom stereocenters. The van der Waals surface area contributed by atoms with Crippen molar-refractivity contribution in [1.29, 1.82) is 0 Å². The first-order valence-corrected chi connectivity index (χ1v) is 12.2. The van der Waals surface area contributed by atoms with Crippen molar-refractivity contribution in [3.63, 3.8) is 0 Å². The highest BCUT2D eigenvalue weighted by Crippen LogP contribution is 2.52. The standard InChI is InChI=1S/C30H26N2O5/c1-30(2)15-21-27-19-7-5-4-6-17(19)8-11-22(27)31-29(28(21)24(33)16-30)26-13-12-25(37-26)20-10-9-18(36-3)14-23(20)32(34)35/h4-14,29,31H,15-16H2,1-3H3/t29-/m0/s1. The first-order chi connectivity index (χ1) is 17.8. The number of fused-ring (bicyclic) bond motifs is 4. The number of methoxy groups -OCH3 is 1. The van der Waals surface area contributed by atoms with Gasteiger partial charge in [-0.3, -0.25) is 14.9 Å². The number of benzene rings is 3. The summed E-state index contributed by atoms with van der Waals surface area (Å²) in [6.45, 7) is 4.26. The van der Waals surface area contributed by atoms with Crippen molar-refractivity contribution >= 4 is 33.5 Å². The lowest BCUT2D eigenvalue weighted by Gasteiger charge is -2.39. The van der Waals surface area contributed by atoms with Crippen LogP contribution in [0.3, 0.4) is 0 Å². The molecule has 2 aliphatic rings. The van der Waals surface area contributed by atoms with Crippen LogP contribution in [0.25, 0.3) is 27.7 Å². The summed E-state index contributed by atoms with van der Waals surface area (Å²) in [4.78, 5) is 24.9. The van der Waals surface area contributed by atoms with Crippen molar-refractivity contribution in [3.05, 3.63) is 93.7 Å². The minimum Gasteiger partial charge on any atom is -0.497 e. The molecule has 6 rings (SSSR count). The molecule has 1 aliphatic carbocycles. The SMILES string of the molecule is COc1ccc(-c2ccc([C@@H]3Nc4ccc5ccccc5c4C4=C3C(=O)CC(C)(C)C4)o2)c([N+](=O)[O-])c1. The Morgan fingerprint density at radius 1 is 1.05 bits per heavy atom. The van der Waals surface area contributed by atoms with Gasteiger partial charge < -0.3 is 14.5 Å². The fraction of sp³-hybridized carbons (Fsp3) is 0.233. The van der Waals surface area contributed by atoms with E-state index in [9.17, 15) is 14.9 Å². The number of nitro benzene ring substituents is 1. The van der Waals surface area contributed by atoms with E-state index in [1.807, 2.05) is 12.1 Å². The number of anilines is 1. The second kappa shape index (κ2) is 8.34. The summed E-state index contributed by atoms with van der Waals surface area (Å²) < 4.78 is 11.4. The van der Waals surface area contributed by atoms with Gasteiger partial charge in [0.1, 0.15) is 23.3 Å². The average molecular weight is 495 g/mol. The Kier molecular flexibility index (Phi) is 5.19. The topological polar surface area (TPSA) is 94.6 Å². The van der Waals surface area contributed by atoms with Crippen LogP contribution in [-0.2, 0) is 4.79 Å². The summed E-state index contributed by atoms with van der Waals surface area (Å²) in [5.41, 5.74) is 3.86. The lowest BCUT2D eigenvalue weighted by atomic mass is 9.68. The van der Waals surface area contributed by atoms with Crippen LogP contribution in [-0.4, -0.2) is 17.8 Å². The molecule has 7 heteroatoms. The number of hydrogen-bond acceptors (Lipinski definition) is 6. The van der Waals surface area contributed by atoms with Gasteiger partial charge in [0.2, 0.25) is 0 Å². The predicted molar refractivity (Wildman–Crippen MR) is 143 cm³/mol. The van der Waals surface area contributed by atoms with E-state index < -0.39 is 11.0 Å². The molecule has 3 aromatic carbocycles. The lowest BCUT2D eigenvalue weighted by Crippen LogP contribution is -2.33. The van der Waals surface area contributed by atoms with Crippen LogP contribution < -0.4 is 10.1 Å². The summed E-state index contributed by atoms with van der Waals surface area (Å²) in [5, 5.41) is 17.5. The normalized spacial score (nSPS) is 18.2. The van der Waals surface area contributed by atoms with Gasteiger partial charge in [-0.25, -0.2) is 0 Å². The van der Waals surface area contributed by atoms with Gasteiger partial charge in [-0.15, -0.1) is 0 Å². The molecule has 0 amide bonds. The number of nitrogens with one attached hydrogen (secondary N) is 1. The Morgan fingerprint density at radius 3 is 2.65 bits per heavy atom. The molecule has 37 heavy (non-hydrogen) atoms. The minimum atomic E-state index is -0.488. The number of carbonyl (C=O) groups is 1. The smallest absolute Gasteiger partial charge is 0.284 e. The van der Waals surface area contributed by atoms with E-state index in [2.05, 4.69) is 43.4 Å². The number of ether oxygens (including phenoxy) is 1. The summed E-state index contributed by atoms with van der Waals surface area (Å²) in [6.07, 6.45) is 1.21. The van der Waals surface area contributed by atoms with Gasteiger partial charge in [-0.1, -0.05) is 44.2 Å². The van der Waals surface area contributed by atoms with E-state index in [1.165, 1.54) is 13.2 Å².